The summed E-state index contributed by atoms with van der Waals surface area (Å²) in [7, 11) is -3.12. The van der Waals surface area contributed by atoms with Crippen LogP contribution in [-0.4, -0.2) is 32.3 Å². The Labute approximate surface area is 98.2 Å². The molecule has 1 unspecified atom stereocenters. The molecule has 0 radical (unpaired) electrons. The van der Waals surface area contributed by atoms with E-state index in [-0.39, 0.29) is 17.3 Å². The minimum atomic E-state index is -3.12. The average molecular weight is 246 g/mol. The molecule has 0 spiro atoms. The molecule has 4 nitrogen and oxygen atoms in total. The summed E-state index contributed by atoms with van der Waals surface area (Å²) in [6.07, 6.45) is 6.31. The van der Waals surface area contributed by atoms with E-state index in [1.54, 1.807) is 0 Å². The summed E-state index contributed by atoms with van der Waals surface area (Å²) in [5.74, 6) is 0.239. The lowest BCUT2D eigenvalue weighted by Gasteiger charge is -2.25. The molecule has 1 aliphatic heterocycles. The Morgan fingerprint density at radius 2 is 2.00 bits per heavy atom. The van der Waals surface area contributed by atoms with Gasteiger partial charge in [0, 0.05) is 11.6 Å². The minimum Gasteiger partial charge on any atom is -0.313 e. The molecule has 2 rings (SSSR count). The second kappa shape index (κ2) is 4.63. The number of hydrogen-bond donors (Lipinski definition) is 2. The standard InChI is InChI=1S/C11H22N2O2S/c1-11(6-2-3-7-11)13-16(14,15)9-10-5-4-8-12-10/h10,12-13H,2-9H2,1H3. The molecule has 16 heavy (non-hydrogen) atoms. The van der Waals surface area contributed by atoms with E-state index in [2.05, 4.69) is 10.0 Å². The first kappa shape index (κ1) is 12.3. The van der Waals surface area contributed by atoms with Crippen LogP contribution in [0.2, 0.25) is 0 Å². The van der Waals surface area contributed by atoms with Gasteiger partial charge < -0.3 is 5.32 Å². The van der Waals surface area contributed by atoms with E-state index in [4.69, 9.17) is 0 Å². The van der Waals surface area contributed by atoms with Gasteiger partial charge in [-0.05, 0) is 39.2 Å². The van der Waals surface area contributed by atoms with Gasteiger partial charge in [-0.25, -0.2) is 13.1 Å². The van der Waals surface area contributed by atoms with E-state index in [9.17, 15) is 8.42 Å². The van der Waals surface area contributed by atoms with Crippen LogP contribution < -0.4 is 10.0 Å². The smallest absolute Gasteiger partial charge is 0.213 e. The van der Waals surface area contributed by atoms with E-state index in [1.165, 1.54) is 0 Å². The van der Waals surface area contributed by atoms with Crippen molar-refractivity contribution in [1.29, 1.82) is 0 Å². The number of rotatable bonds is 4. The van der Waals surface area contributed by atoms with Crippen LogP contribution in [0.15, 0.2) is 0 Å². The summed E-state index contributed by atoms with van der Waals surface area (Å²) >= 11 is 0. The van der Waals surface area contributed by atoms with Gasteiger partial charge in [-0.15, -0.1) is 0 Å². The summed E-state index contributed by atoms with van der Waals surface area (Å²) < 4.78 is 26.9. The lowest BCUT2D eigenvalue weighted by molar-refractivity contribution is 0.425. The first-order chi connectivity index (χ1) is 7.49. The Bertz CT molecular complexity index is 328. The van der Waals surface area contributed by atoms with Crippen LogP contribution in [0, 0.1) is 0 Å². The van der Waals surface area contributed by atoms with E-state index in [0.29, 0.717) is 0 Å². The van der Waals surface area contributed by atoms with Gasteiger partial charge in [-0.2, -0.15) is 0 Å². The molecule has 0 aromatic heterocycles. The molecule has 2 fully saturated rings. The molecule has 1 saturated heterocycles. The minimum absolute atomic E-state index is 0.155. The highest BCUT2D eigenvalue weighted by atomic mass is 32.2. The lowest BCUT2D eigenvalue weighted by Crippen LogP contribution is -2.47. The summed E-state index contributed by atoms with van der Waals surface area (Å²) in [6, 6.07) is 0.155. The van der Waals surface area contributed by atoms with Crippen molar-refractivity contribution < 1.29 is 8.42 Å². The van der Waals surface area contributed by atoms with Gasteiger partial charge in [0.1, 0.15) is 0 Å². The lowest BCUT2D eigenvalue weighted by atomic mass is 10.0. The van der Waals surface area contributed by atoms with Crippen molar-refractivity contribution in [2.24, 2.45) is 0 Å². The van der Waals surface area contributed by atoms with Gasteiger partial charge in [0.25, 0.3) is 0 Å². The Morgan fingerprint density at radius 3 is 2.56 bits per heavy atom. The maximum absolute atomic E-state index is 12.0. The maximum Gasteiger partial charge on any atom is 0.213 e. The quantitative estimate of drug-likeness (QED) is 0.778. The van der Waals surface area contributed by atoms with Crippen molar-refractivity contribution >= 4 is 10.0 Å². The van der Waals surface area contributed by atoms with Crippen LogP contribution in [0.1, 0.15) is 45.4 Å². The van der Waals surface area contributed by atoms with Crippen molar-refractivity contribution in [3.05, 3.63) is 0 Å². The summed E-state index contributed by atoms with van der Waals surface area (Å²) in [4.78, 5) is 0. The number of nitrogens with one attached hydrogen (secondary N) is 2. The highest BCUT2D eigenvalue weighted by molar-refractivity contribution is 7.89. The maximum atomic E-state index is 12.0. The van der Waals surface area contributed by atoms with Gasteiger partial charge in [-0.3, -0.25) is 0 Å². The molecule has 0 aromatic carbocycles. The molecule has 1 saturated carbocycles. The molecule has 2 N–H and O–H groups in total. The monoisotopic (exact) mass is 246 g/mol. The summed E-state index contributed by atoms with van der Waals surface area (Å²) in [6.45, 7) is 2.98. The molecule has 1 aliphatic carbocycles. The Kier molecular flexibility index (Phi) is 3.56. The van der Waals surface area contributed by atoms with Gasteiger partial charge in [0.15, 0.2) is 0 Å². The fourth-order valence-corrected chi connectivity index (χ4v) is 4.69. The average Bonchev–Trinajstić information content (AvgIpc) is 2.75. The zero-order valence-electron chi connectivity index (χ0n) is 9.96. The predicted octanol–water partition coefficient (Wildman–Crippen LogP) is 0.990. The van der Waals surface area contributed by atoms with Crippen LogP contribution in [0.25, 0.3) is 0 Å². The van der Waals surface area contributed by atoms with Gasteiger partial charge in [-0.1, -0.05) is 12.8 Å². The van der Waals surface area contributed by atoms with Crippen LogP contribution >= 0.6 is 0 Å². The van der Waals surface area contributed by atoms with E-state index in [0.717, 1.165) is 45.1 Å². The van der Waals surface area contributed by atoms with Crippen molar-refractivity contribution in [1.82, 2.24) is 10.0 Å². The molecule has 0 aromatic rings. The highest BCUT2D eigenvalue weighted by Gasteiger charge is 2.34. The topological polar surface area (TPSA) is 58.2 Å². The first-order valence-corrected chi connectivity index (χ1v) is 7.89. The molecule has 0 amide bonds. The predicted molar refractivity (Wildman–Crippen MR) is 64.8 cm³/mol. The van der Waals surface area contributed by atoms with Crippen LogP contribution in [0.4, 0.5) is 0 Å². The van der Waals surface area contributed by atoms with Crippen LogP contribution in [0.5, 0.6) is 0 Å². The Balaban J connectivity index is 1.91. The van der Waals surface area contributed by atoms with E-state index in [1.807, 2.05) is 6.92 Å². The number of sulfonamides is 1. The van der Waals surface area contributed by atoms with Crippen molar-refractivity contribution in [3.63, 3.8) is 0 Å². The molecule has 5 heteroatoms. The third-order valence-electron chi connectivity index (χ3n) is 3.69. The summed E-state index contributed by atoms with van der Waals surface area (Å²) in [5.41, 5.74) is -0.183. The number of hydrogen-bond acceptors (Lipinski definition) is 3. The Morgan fingerprint density at radius 1 is 1.31 bits per heavy atom. The fraction of sp³-hybridized carbons (Fsp3) is 1.00. The van der Waals surface area contributed by atoms with Crippen LogP contribution in [-0.2, 0) is 10.0 Å². The summed E-state index contributed by atoms with van der Waals surface area (Å²) in [5, 5.41) is 3.23. The molecule has 94 valence electrons. The molecular formula is C11H22N2O2S. The largest absolute Gasteiger partial charge is 0.313 e. The molecule has 1 atom stereocenters. The second-order valence-electron chi connectivity index (χ2n) is 5.44. The van der Waals surface area contributed by atoms with E-state index >= 15 is 0 Å². The highest BCUT2D eigenvalue weighted by Crippen LogP contribution is 2.29. The second-order valence-corrected chi connectivity index (χ2v) is 7.21. The first-order valence-electron chi connectivity index (χ1n) is 6.24. The third-order valence-corrected chi connectivity index (χ3v) is 5.34. The van der Waals surface area contributed by atoms with Gasteiger partial charge in [0.2, 0.25) is 10.0 Å². The zero-order valence-corrected chi connectivity index (χ0v) is 10.8. The van der Waals surface area contributed by atoms with Crippen molar-refractivity contribution in [3.8, 4) is 0 Å². The normalized spacial score (nSPS) is 29.7. The van der Waals surface area contributed by atoms with Gasteiger partial charge in [0.05, 0.1) is 5.75 Å². The molecule has 2 aliphatic rings. The van der Waals surface area contributed by atoms with Crippen molar-refractivity contribution in [2.75, 3.05) is 12.3 Å². The molecule has 1 heterocycles. The fourth-order valence-electron chi connectivity index (χ4n) is 2.84. The Hall–Kier alpha value is -0.130. The SMILES string of the molecule is CC1(NS(=O)(=O)CC2CCCN2)CCCC1. The van der Waals surface area contributed by atoms with Crippen LogP contribution in [0.3, 0.4) is 0 Å². The van der Waals surface area contributed by atoms with Crippen molar-refractivity contribution in [2.45, 2.75) is 57.0 Å². The molecule has 0 bridgehead atoms. The third kappa shape index (κ3) is 3.18. The van der Waals surface area contributed by atoms with Gasteiger partial charge >= 0.3 is 0 Å². The molecular weight excluding hydrogens is 224 g/mol. The van der Waals surface area contributed by atoms with E-state index < -0.39 is 10.0 Å². The zero-order chi connectivity index (χ0) is 11.6.